The Morgan fingerprint density at radius 3 is 2.92 bits per heavy atom. The van der Waals surface area contributed by atoms with Crippen LogP contribution < -0.4 is 16.2 Å². The van der Waals surface area contributed by atoms with E-state index < -0.39 is 0 Å². The minimum atomic E-state index is -0.361. The molecule has 0 radical (unpaired) electrons. The average Bonchev–Trinajstić information content (AvgIpc) is 3.07. The van der Waals surface area contributed by atoms with Crippen molar-refractivity contribution in [2.24, 2.45) is 10.1 Å². The number of phenolic OH excluding ortho intramolecular Hbond substituents is 2. The number of aromatic hydroxyl groups is 2. The predicted octanol–water partition coefficient (Wildman–Crippen LogP) is 1.24. The fourth-order valence-electron chi connectivity index (χ4n) is 2.68. The van der Waals surface area contributed by atoms with Crippen molar-refractivity contribution in [2.75, 3.05) is 13.1 Å². The standard InChI is InChI=1S/C17H14N4O4/c22-10-6-12(23)15-14(7-10)25-13-5-9(1-2-11(13)16(15)24)8-20-21-17-18-3-4-19-17/h1-2,5-8,22-23H,3-4H2,(H2,18,19,21)/b20-8+. The molecule has 1 aromatic heterocycles. The van der Waals surface area contributed by atoms with Crippen molar-refractivity contribution in [2.45, 2.75) is 0 Å². The summed E-state index contributed by atoms with van der Waals surface area (Å²) >= 11 is 0. The molecule has 25 heavy (non-hydrogen) atoms. The van der Waals surface area contributed by atoms with Crippen LogP contribution in [0.5, 0.6) is 11.5 Å². The van der Waals surface area contributed by atoms with Crippen LogP contribution in [0, 0.1) is 0 Å². The lowest BCUT2D eigenvalue weighted by Gasteiger charge is -2.05. The summed E-state index contributed by atoms with van der Waals surface area (Å²) in [4.78, 5) is 16.7. The van der Waals surface area contributed by atoms with E-state index in [4.69, 9.17) is 4.42 Å². The third-order valence-corrected chi connectivity index (χ3v) is 3.82. The highest BCUT2D eigenvalue weighted by Crippen LogP contribution is 2.29. The molecule has 0 saturated heterocycles. The zero-order valence-corrected chi connectivity index (χ0v) is 13.0. The van der Waals surface area contributed by atoms with Crippen molar-refractivity contribution in [3.63, 3.8) is 0 Å². The number of aliphatic imine (C=N–C) groups is 1. The van der Waals surface area contributed by atoms with Crippen LogP contribution in [0.2, 0.25) is 0 Å². The SMILES string of the molecule is O=c1c2ccc(/C=N/NC3=NCCN3)cc2oc2cc(O)cc(O)c12. The fraction of sp³-hybridized carbons (Fsp3) is 0.118. The Morgan fingerprint density at radius 2 is 2.12 bits per heavy atom. The van der Waals surface area contributed by atoms with Crippen LogP contribution in [0.4, 0.5) is 0 Å². The molecule has 1 aliphatic rings. The van der Waals surface area contributed by atoms with Gasteiger partial charge in [0.1, 0.15) is 28.1 Å². The second-order valence-electron chi connectivity index (χ2n) is 5.55. The minimum absolute atomic E-state index is 0.0405. The van der Waals surface area contributed by atoms with Gasteiger partial charge in [-0.1, -0.05) is 6.07 Å². The normalized spacial score (nSPS) is 14.2. The van der Waals surface area contributed by atoms with Crippen LogP contribution >= 0.6 is 0 Å². The molecule has 2 aromatic carbocycles. The van der Waals surface area contributed by atoms with Crippen molar-refractivity contribution in [1.29, 1.82) is 0 Å². The lowest BCUT2D eigenvalue weighted by molar-refractivity contribution is 0.453. The van der Waals surface area contributed by atoms with Crippen molar-refractivity contribution in [1.82, 2.24) is 10.7 Å². The highest BCUT2D eigenvalue weighted by molar-refractivity contribution is 5.96. The van der Waals surface area contributed by atoms with Gasteiger partial charge in [-0.2, -0.15) is 5.10 Å². The van der Waals surface area contributed by atoms with E-state index in [1.807, 2.05) is 0 Å². The number of guanidine groups is 1. The Kier molecular flexibility index (Phi) is 3.50. The number of benzene rings is 2. The first-order valence-corrected chi connectivity index (χ1v) is 7.62. The molecule has 4 rings (SSSR count). The van der Waals surface area contributed by atoms with Gasteiger partial charge in [0.15, 0.2) is 0 Å². The smallest absolute Gasteiger partial charge is 0.212 e. The van der Waals surface area contributed by atoms with E-state index >= 15 is 0 Å². The maximum absolute atomic E-state index is 12.5. The molecular formula is C17H14N4O4. The number of hydrogen-bond acceptors (Lipinski definition) is 8. The summed E-state index contributed by atoms with van der Waals surface area (Å²) < 4.78 is 5.67. The molecule has 0 fully saturated rings. The van der Waals surface area contributed by atoms with Gasteiger partial charge in [-0.25, -0.2) is 10.4 Å². The Labute approximate surface area is 141 Å². The summed E-state index contributed by atoms with van der Waals surface area (Å²) in [5.41, 5.74) is 3.59. The van der Waals surface area contributed by atoms with Gasteiger partial charge in [0.2, 0.25) is 11.4 Å². The first-order chi connectivity index (χ1) is 12.1. The first-order valence-electron chi connectivity index (χ1n) is 7.62. The minimum Gasteiger partial charge on any atom is -0.508 e. The van der Waals surface area contributed by atoms with Crippen molar-refractivity contribution in [3.8, 4) is 11.5 Å². The highest BCUT2D eigenvalue weighted by Gasteiger charge is 2.13. The van der Waals surface area contributed by atoms with Crippen LogP contribution in [0.3, 0.4) is 0 Å². The summed E-state index contributed by atoms with van der Waals surface area (Å²) in [6.45, 7) is 1.50. The third-order valence-electron chi connectivity index (χ3n) is 3.82. The quantitative estimate of drug-likeness (QED) is 0.317. The zero-order chi connectivity index (χ0) is 17.4. The van der Waals surface area contributed by atoms with E-state index in [0.29, 0.717) is 29.0 Å². The number of nitrogens with one attached hydrogen (secondary N) is 2. The molecule has 0 atom stereocenters. The third kappa shape index (κ3) is 2.74. The molecule has 4 N–H and O–H groups in total. The largest absolute Gasteiger partial charge is 0.508 e. The summed E-state index contributed by atoms with van der Waals surface area (Å²) in [7, 11) is 0. The molecule has 0 aliphatic carbocycles. The van der Waals surface area contributed by atoms with Gasteiger partial charge < -0.3 is 19.9 Å². The first kappa shape index (κ1) is 15.0. The van der Waals surface area contributed by atoms with Gasteiger partial charge in [0.05, 0.1) is 18.1 Å². The Bertz CT molecular complexity index is 1100. The number of rotatable bonds is 2. The van der Waals surface area contributed by atoms with Gasteiger partial charge in [0, 0.05) is 18.7 Å². The van der Waals surface area contributed by atoms with Crippen molar-refractivity contribution >= 4 is 34.1 Å². The van der Waals surface area contributed by atoms with Crippen LogP contribution in [0.1, 0.15) is 5.56 Å². The fourth-order valence-corrected chi connectivity index (χ4v) is 2.68. The van der Waals surface area contributed by atoms with Gasteiger partial charge in [-0.3, -0.25) is 4.79 Å². The van der Waals surface area contributed by atoms with E-state index in [-0.39, 0.29) is 27.9 Å². The van der Waals surface area contributed by atoms with E-state index in [2.05, 4.69) is 20.8 Å². The molecule has 0 amide bonds. The van der Waals surface area contributed by atoms with Crippen molar-refractivity contribution in [3.05, 3.63) is 46.1 Å². The molecule has 0 unspecified atom stereocenters. The summed E-state index contributed by atoms with van der Waals surface area (Å²) in [5.74, 6) is 0.116. The van der Waals surface area contributed by atoms with Gasteiger partial charge in [0.25, 0.3) is 0 Å². The molecule has 8 heteroatoms. The summed E-state index contributed by atoms with van der Waals surface area (Å²) in [6, 6.07) is 7.39. The maximum Gasteiger partial charge on any atom is 0.212 e. The predicted molar refractivity (Wildman–Crippen MR) is 94.4 cm³/mol. The van der Waals surface area contributed by atoms with E-state index in [1.165, 1.54) is 6.07 Å². The van der Waals surface area contributed by atoms with Gasteiger partial charge in [-0.15, -0.1) is 0 Å². The Hall–Kier alpha value is -3.55. The molecule has 0 bridgehead atoms. The number of hydrogen-bond donors (Lipinski definition) is 4. The van der Waals surface area contributed by atoms with E-state index in [0.717, 1.165) is 12.6 Å². The summed E-state index contributed by atoms with van der Waals surface area (Å²) in [6.07, 6.45) is 1.58. The molecule has 126 valence electrons. The van der Waals surface area contributed by atoms with Crippen LogP contribution in [-0.4, -0.2) is 35.5 Å². The number of hydrazone groups is 1. The second-order valence-corrected chi connectivity index (χ2v) is 5.55. The van der Waals surface area contributed by atoms with Gasteiger partial charge >= 0.3 is 0 Å². The molecule has 0 saturated carbocycles. The highest BCUT2D eigenvalue weighted by atomic mass is 16.3. The van der Waals surface area contributed by atoms with Crippen LogP contribution in [0.25, 0.3) is 21.9 Å². The maximum atomic E-state index is 12.5. The molecule has 8 nitrogen and oxygen atoms in total. The lowest BCUT2D eigenvalue weighted by Crippen LogP contribution is -2.30. The van der Waals surface area contributed by atoms with Crippen LogP contribution in [-0.2, 0) is 0 Å². The number of phenols is 2. The average molecular weight is 338 g/mol. The molecule has 1 aliphatic heterocycles. The Balaban J connectivity index is 1.76. The van der Waals surface area contributed by atoms with Crippen LogP contribution in [0.15, 0.2) is 49.6 Å². The lowest BCUT2D eigenvalue weighted by atomic mass is 10.1. The molecule has 0 spiro atoms. The topological polar surface area (TPSA) is 119 Å². The number of nitrogens with zero attached hydrogens (tertiary/aromatic N) is 2. The van der Waals surface area contributed by atoms with E-state index in [1.54, 1.807) is 24.4 Å². The Morgan fingerprint density at radius 1 is 1.24 bits per heavy atom. The molecular weight excluding hydrogens is 324 g/mol. The van der Waals surface area contributed by atoms with Gasteiger partial charge in [-0.05, 0) is 17.7 Å². The van der Waals surface area contributed by atoms with Crippen molar-refractivity contribution < 1.29 is 14.6 Å². The number of fused-ring (bicyclic) bond motifs is 2. The molecule has 3 aromatic rings. The van der Waals surface area contributed by atoms with E-state index in [9.17, 15) is 15.0 Å². The zero-order valence-electron chi connectivity index (χ0n) is 13.0. The molecule has 2 heterocycles. The summed E-state index contributed by atoms with van der Waals surface area (Å²) in [5, 5.41) is 27.0. The second kappa shape index (κ2) is 5.82. The monoisotopic (exact) mass is 338 g/mol.